The Kier molecular flexibility index (Phi) is 6.74. The zero-order valence-corrected chi connectivity index (χ0v) is 19.5. The van der Waals surface area contributed by atoms with E-state index < -0.39 is 0 Å². The molecule has 5 rings (SSSR count). The molecule has 8 nitrogen and oxygen atoms in total. The van der Waals surface area contributed by atoms with Gasteiger partial charge in [-0.1, -0.05) is 12.8 Å². The first-order chi connectivity index (χ1) is 14.7. The van der Waals surface area contributed by atoms with Crippen LogP contribution in [0.2, 0.25) is 0 Å². The van der Waals surface area contributed by atoms with Crippen LogP contribution in [-0.4, -0.2) is 45.7 Å². The summed E-state index contributed by atoms with van der Waals surface area (Å²) >= 11 is 3.41. The molecular weight excluding hydrogens is 482 g/mol. The second kappa shape index (κ2) is 9.50. The normalized spacial score (nSPS) is 17.0. The fourth-order valence-electron chi connectivity index (χ4n) is 4.32. The van der Waals surface area contributed by atoms with Crippen molar-refractivity contribution in [1.82, 2.24) is 24.8 Å². The molecule has 2 N–H and O–H groups in total. The summed E-state index contributed by atoms with van der Waals surface area (Å²) in [4.78, 5) is 28.8. The Hall–Kier alpha value is -2.23. The Bertz CT molecular complexity index is 1110. The molecule has 0 unspecified atom stereocenters. The van der Waals surface area contributed by atoms with Crippen molar-refractivity contribution in [2.24, 2.45) is 0 Å². The SMILES string of the molecule is Cl.O=c1c(Br)cc2cnc(Nc3ccc(N4CCNCC4)nc3)nc2n1C1CCCC1. The van der Waals surface area contributed by atoms with Gasteiger partial charge in [-0.25, -0.2) is 9.97 Å². The van der Waals surface area contributed by atoms with Crippen molar-refractivity contribution in [2.45, 2.75) is 31.7 Å². The fraction of sp³-hybridized carbons (Fsp3) is 0.429. The van der Waals surface area contributed by atoms with E-state index in [0.717, 1.165) is 68.8 Å². The molecule has 3 aromatic heterocycles. The summed E-state index contributed by atoms with van der Waals surface area (Å²) in [5.74, 6) is 1.44. The van der Waals surface area contributed by atoms with Gasteiger partial charge in [0, 0.05) is 43.8 Å². The predicted octanol–water partition coefficient (Wildman–Crippen LogP) is 3.64. The van der Waals surface area contributed by atoms with Gasteiger partial charge in [0.2, 0.25) is 5.95 Å². The van der Waals surface area contributed by atoms with Crippen molar-refractivity contribution in [2.75, 3.05) is 36.4 Å². The number of halogens is 2. The Morgan fingerprint density at radius 2 is 1.87 bits per heavy atom. The summed E-state index contributed by atoms with van der Waals surface area (Å²) in [6, 6.07) is 6.00. The van der Waals surface area contributed by atoms with Crippen LogP contribution in [0.5, 0.6) is 0 Å². The highest BCUT2D eigenvalue weighted by Gasteiger charge is 2.22. The summed E-state index contributed by atoms with van der Waals surface area (Å²) < 4.78 is 2.39. The molecule has 0 atom stereocenters. The van der Waals surface area contributed by atoms with E-state index in [1.54, 1.807) is 18.5 Å². The zero-order valence-electron chi connectivity index (χ0n) is 17.1. The van der Waals surface area contributed by atoms with Gasteiger partial charge in [0.05, 0.1) is 16.4 Å². The molecule has 1 aliphatic heterocycles. The van der Waals surface area contributed by atoms with Gasteiger partial charge in [0.1, 0.15) is 11.5 Å². The Morgan fingerprint density at radius 1 is 1.10 bits per heavy atom. The van der Waals surface area contributed by atoms with Crippen LogP contribution in [0.15, 0.2) is 39.9 Å². The lowest BCUT2D eigenvalue weighted by Crippen LogP contribution is -2.43. The van der Waals surface area contributed by atoms with Crippen molar-refractivity contribution in [3.05, 3.63) is 45.4 Å². The fourth-order valence-corrected chi connectivity index (χ4v) is 4.76. The van der Waals surface area contributed by atoms with Crippen molar-refractivity contribution < 1.29 is 0 Å². The minimum absolute atomic E-state index is 0. The molecule has 0 aromatic carbocycles. The van der Waals surface area contributed by atoms with Crippen molar-refractivity contribution in [3.63, 3.8) is 0 Å². The van der Waals surface area contributed by atoms with Crippen LogP contribution in [0.3, 0.4) is 0 Å². The first kappa shape index (κ1) is 22.0. The second-order valence-corrected chi connectivity index (χ2v) is 8.70. The number of piperazine rings is 1. The van der Waals surface area contributed by atoms with Gasteiger partial charge in [-0.15, -0.1) is 12.4 Å². The van der Waals surface area contributed by atoms with Gasteiger partial charge in [0.15, 0.2) is 0 Å². The number of fused-ring (bicyclic) bond motifs is 1. The van der Waals surface area contributed by atoms with E-state index in [4.69, 9.17) is 4.98 Å². The number of hydrogen-bond acceptors (Lipinski definition) is 7. The third-order valence-corrected chi connectivity index (χ3v) is 6.43. The molecule has 3 aromatic rings. The number of nitrogens with one attached hydrogen (secondary N) is 2. The molecule has 10 heteroatoms. The van der Waals surface area contributed by atoms with Gasteiger partial charge in [-0.2, -0.15) is 4.98 Å². The van der Waals surface area contributed by atoms with Crippen LogP contribution in [-0.2, 0) is 0 Å². The highest BCUT2D eigenvalue weighted by Crippen LogP contribution is 2.31. The molecule has 0 bridgehead atoms. The molecule has 2 fully saturated rings. The summed E-state index contributed by atoms with van der Waals surface area (Å²) in [6.45, 7) is 3.88. The molecule has 0 spiro atoms. The van der Waals surface area contributed by atoms with E-state index in [9.17, 15) is 4.79 Å². The van der Waals surface area contributed by atoms with Gasteiger partial charge < -0.3 is 15.5 Å². The summed E-state index contributed by atoms with van der Waals surface area (Å²) in [5, 5.41) is 7.44. The first-order valence-corrected chi connectivity index (χ1v) is 11.2. The average molecular weight is 507 g/mol. The number of aromatic nitrogens is 4. The molecular formula is C21H25BrClN7O. The molecule has 0 amide bonds. The lowest BCUT2D eigenvalue weighted by Gasteiger charge is -2.28. The summed E-state index contributed by atoms with van der Waals surface area (Å²) in [5.41, 5.74) is 1.47. The van der Waals surface area contributed by atoms with Crippen LogP contribution in [0.4, 0.5) is 17.5 Å². The highest BCUT2D eigenvalue weighted by atomic mass is 79.9. The zero-order chi connectivity index (χ0) is 20.5. The van der Waals surface area contributed by atoms with Crippen LogP contribution in [0, 0.1) is 0 Å². The van der Waals surface area contributed by atoms with Gasteiger partial charge >= 0.3 is 0 Å². The maximum absolute atomic E-state index is 12.8. The Labute approximate surface area is 195 Å². The maximum atomic E-state index is 12.8. The smallest absolute Gasteiger partial charge is 0.266 e. The molecule has 0 radical (unpaired) electrons. The molecule has 31 heavy (non-hydrogen) atoms. The molecule has 4 heterocycles. The summed E-state index contributed by atoms with van der Waals surface area (Å²) in [6.07, 6.45) is 7.88. The second-order valence-electron chi connectivity index (χ2n) is 7.85. The van der Waals surface area contributed by atoms with E-state index in [1.807, 2.05) is 16.7 Å². The van der Waals surface area contributed by atoms with Gasteiger partial charge in [0.25, 0.3) is 5.56 Å². The van der Waals surface area contributed by atoms with E-state index in [1.165, 1.54) is 0 Å². The number of anilines is 3. The number of hydrogen-bond donors (Lipinski definition) is 2. The predicted molar refractivity (Wildman–Crippen MR) is 129 cm³/mol. The van der Waals surface area contributed by atoms with Crippen molar-refractivity contribution in [3.8, 4) is 0 Å². The minimum Gasteiger partial charge on any atom is -0.354 e. The van der Waals surface area contributed by atoms with Crippen LogP contribution < -0.4 is 21.1 Å². The Balaban J connectivity index is 0.00000231. The molecule has 164 valence electrons. The topological polar surface area (TPSA) is 88.0 Å². The molecule has 1 saturated heterocycles. The largest absolute Gasteiger partial charge is 0.354 e. The third-order valence-electron chi connectivity index (χ3n) is 5.86. The maximum Gasteiger partial charge on any atom is 0.266 e. The number of pyridine rings is 2. The van der Waals surface area contributed by atoms with Crippen molar-refractivity contribution in [1.29, 1.82) is 0 Å². The van der Waals surface area contributed by atoms with Gasteiger partial charge in [-0.05, 0) is 47.0 Å². The standard InChI is InChI=1S/C21H24BrN7O.ClH/c22-17-11-14-12-25-21(27-19(14)29(20(17)30)16-3-1-2-4-16)26-15-5-6-18(24-13-15)28-9-7-23-8-10-28;/h5-6,11-13,16,23H,1-4,7-10H2,(H,25,26,27);1H. The van der Waals surface area contributed by atoms with E-state index in [2.05, 4.69) is 41.4 Å². The first-order valence-electron chi connectivity index (χ1n) is 10.5. The Morgan fingerprint density at radius 3 is 2.58 bits per heavy atom. The number of nitrogens with zero attached hydrogens (tertiary/aromatic N) is 5. The quantitative estimate of drug-likeness (QED) is 0.558. The number of rotatable bonds is 4. The van der Waals surface area contributed by atoms with Gasteiger partial charge in [-0.3, -0.25) is 9.36 Å². The third kappa shape index (κ3) is 4.53. The minimum atomic E-state index is -0.0268. The van der Waals surface area contributed by atoms with Crippen molar-refractivity contribution >= 4 is 56.8 Å². The molecule has 1 saturated carbocycles. The monoisotopic (exact) mass is 505 g/mol. The van der Waals surface area contributed by atoms with E-state index in [-0.39, 0.29) is 24.0 Å². The average Bonchev–Trinajstić information content (AvgIpc) is 3.30. The lowest BCUT2D eigenvalue weighted by atomic mass is 10.2. The lowest BCUT2D eigenvalue weighted by molar-refractivity contribution is 0.514. The molecule has 1 aliphatic carbocycles. The van der Waals surface area contributed by atoms with Crippen LogP contribution >= 0.6 is 28.3 Å². The van der Waals surface area contributed by atoms with Crippen LogP contribution in [0.1, 0.15) is 31.7 Å². The summed E-state index contributed by atoms with van der Waals surface area (Å²) in [7, 11) is 0. The van der Waals surface area contributed by atoms with Crippen LogP contribution in [0.25, 0.3) is 11.0 Å². The highest BCUT2D eigenvalue weighted by molar-refractivity contribution is 9.10. The van der Waals surface area contributed by atoms with E-state index >= 15 is 0 Å². The van der Waals surface area contributed by atoms with E-state index in [0.29, 0.717) is 16.1 Å². The molecule has 2 aliphatic rings.